The Labute approximate surface area is 240 Å². The van der Waals surface area contributed by atoms with Crippen LogP contribution in [0.5, 0.6) is 0 Å². The molecular weight excluding hydrogens is 506 g/mol. The normalized spacial score (nSPS) is 16.9. The number of carbonyl (C=O) groups is 2. The molecule has 0 atom stereocenters. The van der Waals surface area contributed by atoms with Crippen molar-refractivity contribution < 1.29 is 9.59 Å². The summed E-state index contributed by atoms with van der Waals surface area (Å²) in [5.41, 5.74) is 5.91. The number of aromatic nitrogens is 2. The van der Waals surface area contributed by atoms with E-state index in [9.17, 15) is 9.59 Å². The summed E-state index contributed by atoms with van der Waals surface area (Å²) in [4.78, 5) is 30.2. The van der Waals surface area contributed by atoms with Crippen LogP contribution in [-0.2, 0) is 29.2 Å². The zero-order valence-electron chi connectivity index (χ0n) is 23.4. The summed E-state index contributed by atoms with van der Waals surface area (Å²) in [6, 6.07) is 26.4. The fourth-order valence-corrected chi connectivity index (χ4v) is 6.70. The van der Waals surface area contributed by atoms with Crippen molar-refractivity contribution >= 4 is 44.8 Å². The first-order chi connectivity index (χ1) is 20.2. The fraction of sp³-hybridized carbons (Fsp3) is 0.278. The lowest BCUT2D eigenvalue weighted by Gasteiger charge is -2.15. The molecule has 0 unspecified atom stereocenters. The summed E-state index contributed by atoms with van der Waals surface area (Å²) in [6.07, 6.45) is 12.6. The van der Waals surface area contributed by atoms with Gasteiger partial charge in [0.05, 0.1) is 17.7 Å². The third kappa shape index (κ3) is 4.59. The molecule has 5 nitrogen and oxygen atoms in total. The number of amides is 2. The van der Waals surface area contributed by atoms with E-state index >= 15 is 0 Å². The molecule has 2 aliphatic heterocycles. The minimum absolute atomic E-state index is 0.216. The number of aryl methyl sites for hydroxylation is 2. The van der Waals surface area contributed by atoms with Gasteiger partial charge in [-0.2, -0.15) is 0 Å². The van der Waals surface area contributed by atoms with Crippen molar-refractivity contribution in [3.05, 3.63) is 108 Å². The van der Waals surface area contributed by atoms with Gasteiger partial charge in [0.1, 0.15) is 0 Å². The van der Waals surface area contributed by atoms with Crippen LogP contribution in [-0.4, -0.2) is 25.8 Å². The zero-order chi connectivity index (χ0) is 27.8. The molecule has 5 aromatic rings. The molecule has 0 fully saturated rings. The first-order valence-electron chi connectivity index (χ1n) is 15.0. The van der Waals surface area contributed by atoms with E-state index in [2.05, 4.69) is 57.9 Å². The lowest BCUT2D eigenvalue weighted by Crippen LogP contribution is -2.30. The monoisotopic (exact) mass is 541 g/mol. The van der Waals surface area contributed by atoms with Crippen LogP contribution in [0, 0.1) is 0 Å². The van der Waals surface area contributed by atoms with E-state index in [0.29, 0.717) is 11.1 Å². The van der Waals surface area contributed by atoms with Crippen LogP contribution in [0.15, 0.2) is 91.3 Å². The van der Waals surface area contributed by atoms with Crippen LogP contribution in [0.25, 0.3) is 33.0 Å². The molecule has 0 radical (unpaired) electrons. The third-order valence-electron chi connectivity index (χ3n) is 8.77. The topological polar surface area (TPSA) is 47.2 Å². The van der Waals surface area contributed by atoms with Crippen LogP contribution < -0.4 is 0 Å². The van der Waals surface area contributed by atoms with E-state index in [1.807, 2.05) is 42.5 Å². The van der Waals surface area contributed by atoms with Crippen LogP contribution in [0.3, 0.4) is 0 Å². The van der Waals surface area contributed by atoms with Crippen LogP contribution in [0.1, 0.15) is 61.6 Å². The molecule has 0 N–H and O–H groups in total. The Morgan fingerprint density at radius 3 is 1.46 bits per heavy atom. The number of carbonyl (C=O) groups excluding carboxylic acids is 2. The van der Waals surface area contributed by atoms with Crippen molar-refractivity contribution in [3.63, 3.8) is 0 Å². The van der Waals surface area contributed by atoms with Crippen molar-refractivity contribution in [2.75, 3.05) is 0 Å². The minimum Gasteiger partial charge on any atom is -0.347 e. The van der Waals surface area contributed by atoms with Crippen molar-refractivity contribution in [1.29, 1.82) is 0 Å². The molecular formula is C36H35N3O2. The summed E-state index contributed by atoms with van der Waals surface area (Å²) in [5.74, 6) is -0.432. The summed E-state index contributed by atoms with van der Waals surface area (Å²) >= 11 is 0. The molecule has 0 saturated heterocycles. The van der Waals surface area contributed by atoms with E-state index in [0.717, 1.165) is 64.4 Å². The molecule has 4 bridgehead atoms. The predicted molar refractivity (Wildman–Crippen MR) is 165 cm³/mol. The lowest BCUT2D eigenvalue weighted by atomic mass is 9.95. The molecule has 7 rings (SSSR count). The first kappa shape index (κ1) is 25.6. The van der Waals surface area contributed by atoms with Gasteiger partial charge in [0, 0.05) is 58.4 Å². The van der Waals surface area contributed by atoms with Gasteiger partial charge in [-0.15, -0.1) is 0 Å². The molecule has 0 spiro atoms. The highest BCUT2D eigenvalue weighted by Gasteiger charge is 2.41. The maximum absolute atomic E-state index is 14.4. The number of nitrogens with zero attached hydrogens (tertiary/aromatic N) is 3. The van der Waals surface area contributed by atoms with Gasteiger partial charge in [-0.05, 0) is 30.5 Å². The number of para-hydroxylation sites is 2. The van der Waals surface area contributed by atoms with E-state index in [1.54, 1.807) is 0 Å². The zero-order valence-corrected chi connectivity index (χ0v) is 23.4. The molecule has 206 valence electrons. The van der Waals surface area contributed by atoms with E-state index in [-0.39, 0.29) is 18.4 Å². The number of fused-ring (bicyclic) bond motifs is 12. The van der Waals surface area contributed by atoms with Crippen molar-refractivity contribution in [3.8, 4) is 0 Å². The lowest BCUT2D eigenvalue weighted by molar-refractivity contribution is -0.136. The quantitative estimate of drug-likeness (QED) is 0.214. The van der Waals surface area contributed by atoms with Gasteiger partial charge in [0.2, 0.25) is 0 Å². The highest BCUT2D eigenvalue weighted by atomic mass is 16.2. The highest BCUT2D eigenvalue weighted by Crippen LogP contribution is 2.42. The smallest absolute Gasteiger partial charge is 0.262 e. The summed E-state index contributed by atoms with van der Waals surface area (Å²) in [6.45, 7) is 2.05. The van der Waals surface area contributed by atoms with Crippen LogP contribution >= 0.6 is 0 Å². The van der Waals surface area contributed by atoms with E-state index < -0.39 is 0 Å². The summed E-state index contributed by atoms with van der Waals surface area (Å²) in [7, 11) is 0. The Bertz CT molecular complexity index is 1680. The van der Waals surface area contributed by atoms with Crippen molar-refractivity contribution in [2.45, 2.75) is 64.6 Å². The first-order valence-corrected chi connectivity index (χ1v) is 15.0. The van der Waals surface area contributed by atoms with Crippen LogP contribution in [0.2, 0.25) is 0 Å². The Morgan fingerprint density at radius 2 is 0.951 bits per heavy atom. The Morgan fingerprint density at radius 1 is 0.512 bits per heavy atom. The second-order valence-corrected chi connectivity index (χ2v) is 11.4. The van der Waals surface area contributed by atoms with Gasteiger partial charge in [0.15, 0.2) is 0 Å². The number of hydrogen-bond acceptors (Lipinski definition) is 2. The Kier molecular flexibility index (Phi) is 6.79. The number of hydrogen-bond donors (Lipinski definition) is 0. The van der Waals surface area contributed by atoms with Gasteiger partial charge >= 0.3 is 0 Å². The number of imide groups is 1. The SMILES string of the molecule is O=C1C2=C(C(=O)N1Cc1ccccc1)c1cn(c3ccccc13)CCCCCCCCCn1cc2c2ccccc21. The summed E-state index contributed by atoms with van der Waals surface area (Å²) in [5, 5.41) is 2.04. The number of rotatable bonds is 2. The second kappa shape index (κ2) is 10.9. The fourth-order valence-electron chi connectivity index (χ4n) is 6.70. The highest BCUT2D eigenvalue weighted by molar-refractivity contribution is 6.50. The van der Waals surface area contributed by atoms with Gasteiger partial charge < -0.3 is 9.13 Å². The van der Waals surface area contributed by atoms with E-state index in [4.69, 9.17) is 0 Å². The predicted octanol–water partition coefficient (Wildman–Crippen LogP) is 7.82. The average Bonchev–Trinajstić information content (AvgIpc) is 3.62. The largest absolute Gasteiger partial charge is 0.347 e. The van der Waals surface area contributed by atoms with Gasteiger partial charge in [-0.1, -0.05) is 98.8 Å². The molecule has 4 heterocycles. The second-order valence-electron chi connectivity index (χ2n) is 11.4. The molecule has 2 aliphatic rings. The third-order valence-corrected chi connectivity index (χ3v) is 8.77. The average molecular weight is 542 g/mol. The Balaban J connectivity index is 1.46. The molecule has 0 aliphatic carbocycles. The van der Waals surface area contributed by atoms with Gasteiger partial charge in [-0.3, -0.25) is 14.5 Å². The van der Waals surface area contributed by atoms with Crippen LogP contribution in [0.4, 0.5) is 0 Å². The maximum Gasteiger partial charge on any atom is 0.262 e. The molecule has 5 heteroatoms. The van der Waals surface area contributed by atoms with Gasteiger partial charge in [0.25, 0.3) is 11.8 Å². The summed E-state index contributed by atoms with van der Waals surface area (Å²) < 4.78 is 4.57. The van der Waals surface area contributed by atoms with E-state index in [1.165, 1.54) is 37.0 Å². The Hall–Kier alpha value is -4.38. The molecule has 3 aromatic carbocycles. The molecule has 41 heavy (non-hydrogen) atoms. The molecule has 2 aromatic heterocycles. The van der Waals surface area contributed by atoms with Crippen molar-refractivity contribution in [2.24, 2.45) is 0 Å². The molecule has 0 saturated carbocycles. The number of benzene rings is 3. The standard InChI is InChI=1S/C36H35N3O2/c40-35-33-29-24-37(31-19-11-9-17-27(29)31)21-13-4-2-1-3-5-14-22-38-25-30(28-18-10-12-20-32(28)38)34(33)36(41)39(35)23-26-15-7-6-8-16-26/h6-12,15-20,24-25H,1-5,13-14,21-23H2. The molecule has 2 amide bonds. The van der Waals surface area contributed by atoms with Gasteiger partial charge in [-0.25, -0.2) is 0 Å². The maximum atomic E-state index is 14.4. The van der Waals surface area contributed by atoms with Crippen molar-refractivity contribution in [1.82, 2.24) is 14.0 Å². The minimum atomic E-state index is -0.216.